The van der Waals surface area contributed by atoms with E-state index < -0.39 is 0 Å². The second-order valence-corrected chi connectivity index (χ2v) is 6.24. The predicted octanol–water partition coefficient (Wildman–Crippen LogP) is 3.03. The summed E-state index contributed by atoms with van der Waals surface area (Å²) in [7, 11) is 0. The van der Waals surface area contributed by atoms with Gasteiger partial charge in [0, 0.05) is 26.2 Å². The van der Waals surface area contributed by atoms with E-state index in [1.807, 2.05) is 0 Å². The number of nitrogens with one attached hydrogen (secondary N) is 1. The summed E-state index contributed by atoms with van der Waals surface area (Å²) in [6.45, 7) is 8.00. The fourth-order valence-corrected chi connectivity index (χ4v) is 3.75. The highest BCUT2D eigenvalue weighted by Gasteiger charge is 2.35. The molecule has 1 aliphatic heterocycles. The van der Waals surface area contributed by atoms with Gasteiger partial charge in [0.15, 0.2) is 0 Å². The van der Waals surface area contributed by atoms with Gasteiger partial charge < -0.3 is 5.32 Å². The first-order valence-electron chi connectivity index (χ1n) is 7.86. The van der Waals surface area contributed by atoms with E-state index in [0.717, 1.165) is 31.5 Å². The lowest BCUT2D eigenvalue weighted by Gasteiger charge is -2.17. The maximum Gasteiger partial charge on any atom is 0.0233 e. The summed E-state index contributed by atoms with van der Waals surface area (Å²) < 4.78 is 0. The van der Waals surface area contributed by atoms with E-state index in [-0.39, 0.29) is 0 Å². The smallest absolute Gasteiger partial charge is 0.0233 e. The highest BCUT2D eigenvalue weighted by atomic mass is 15.2. The van der Waals surface area contributed by atoms with Crippen LogP contribution in [0.4, 0.5) is 0 Å². The molecule has 0 bridgehead atoms. The molecule has 2 nitrogen and oxygen atoms in total. The molecule has 1 saturated carbocycles. The molecule has 1 N–H and O–H groups in total. The maximum absolute atomic E-state index is 3.37. The molecular formula is C17H26N2. The molecule has 0 spiro atoms. The lowest BCUT2D eigenvalue weighted by molar-refractivity contribution is 0.303. The summed E-state index contributed by atoms with van der Waals surface area (Å²) in [6, 6.07) is 9.16. The van der Waals surface area contributed by atoms with E-state index >= 15 is 0 Å². The van der Waals surface area contributed by atoms with Gasteiger partial charge in [0.2, 0.25) is 0 Å². The molecule has 2 aliphatic rings. The molecule has 2 atom stereocenters. The Morgan fingerprint density at radius 1 is 1.05 bits per heavy atom. The van der Waals surface area contributed by atoms with Crippen molar-refractivity contribution >= 4 is 0 Å². The van der Waals surface area contributed by atoms with Crippen LogP contribution in [0.5, 0.6) is 0 Å². The van der Waals surface area contributed by atoms with Crippen molar-refractivity contribution in [1.82, 2.24) is 10.2 Å². The second-order valence-electron chi connectivity index (χ2n) is 6.24. The Bertz CT molecular complexity index is 386. The summed E-state index contributed by atoms with van der Waals surface area (Å²) in [4.78, 5) is 2.66. The van der Waals surface area contributed by atoms with E-state index in [1.54, 1.807) is 0 Å². The van der Waals surface area contributed by atoms with Gasteiger partial charge in [-0.15, -0.1) is 0 Å². The summed E-state index contributed by atoms with van der Waals surface area (Å²) in [6.07, 6.45) is 4.42. The topological polar surface area (TPSA) is 15.3 Å². The van der Waals surface area contributed by atoms with Crippen LogP contribution in [0.15, 0.2) is 24.3 Å². The Balaban J connectivity index is 1.52. The van der Waals surface area contributed by atoms with Gasteiger partial charge in [-0.05, 0) is 42.3 Å². The monoisotopic (exact) mass is 258 g/mol. The van der Waals surface area contributed by atoms with E-state index in [4.69, 9.17) is 0 Å². The number of rotatable bonds is 5. The third-order valence-corrected chi connectivity index (χ3v) is 4.81. The molecule has 104 valence electrons. The molecule has 0 radical (unpaired) electrons. The van der Waals surface area contributed by atoms with Crippen LogP contribution < -0.4 is 5.32 Å². The van der Waals surface area contributed by atoms with Crippen molar-refractivity contribution < 1.29 is 0 Å². The first-order chi connectivity index (χ1) is 9.35. The standard InChI is InChI=1S/C17H26N2/c1-2-18-10-14-6-8-15(9-7-14)11-19-12-16-4-3-5-17(16)13-19/h6-9,16-18H,2-5,10-13H2,1H3. The average molecular weight is 258 g/mol. The Hall–Kier alpha value is -0.860. The minimum Gasteiger partial charge on any atom is -0.313 e. The van der Waals surface area contributed by atoms with Crippen molar-refractivity contribution in [2.75, 3.05) is 19.6 Å². The van der Waals surface area contributed by atoms with E-state index in [9.17, 15) is 0 Å². The molecule has 19 heavy (non-hydrogen) atoms. The average Bonchev–Trinajstić information content (AvgIpc) is 2.99. The maximum atomic E-state index is 3.37. The quantitative estimate of drug-likeness (QED) is 0.873. The zero-order valence-corrected chi connectivity index (χ0v) is 12.1. The zero-order valence-electron chi connectivity index (χ0n) is 12.1. The van der Waals surface area contributed by atoms with Gasteiger partial charge in [-0.3, -0.25) is 4.90 Å². The van der Waals surface area contributed by atoms with Crippen molar-refractivity contribution in [3.05, 3.63) is 35.4 Å². The summed E-state index contributed by atoms with van der Waals surface area (Å²) in [5.41, 5.74) is 2.86. The highest BCUT2D eigenvalue weighted by molar-refractivity contribution is 5.22. The Labute approximate surface area is 117 Å². The Morgan fingerprint density at radius 2 is 1.68 bits per heavy atom. The third-order valence-electron chi connectivity index (χ3n) is 4.81. The van der Waals surface area contributed by atoms with Crippen LogP contribution in [0.1, 0.15) is 37.3 Å². The molecule has 1 aliphatic carbocycles. The molecule has 1 heterocycles. The van der Waals surface area contributed by atoms with Crippen LogP contribution in [0.2, 0.25) is 0 Å². The van der Waals surface area contributed by atoms with Crippen molar-refractivity contribution in [2.45, 2.75) is 39.3 Å². The van der Waals surface area contributed by atoms with Gasteiger partial charge in [0.1, 0.15) is 0 Å². The molecule has 2 unspecified atom stereocenters. The lowest BCUT2D eigenvalue weighted by Crippen LogP contribution is -2.21. The number of likely N-dealkylation sites (tertiary alicyclic amines) is 1. The Kier molecular flexibility index (Phi) is 4.19. The number of fused-ring (bicyclic) bond motifs is 1. The number of hydrogen-bond donors (Lipinski definition) is 1. The highest BCUT2D eigenvalue weighted by Crippen LogP contribution is 2.38. The zero-order chi connectivity index (χ0) is 13.1. The molecule has 1 saturated heterocycles. The lowest BCUT2D eigenvalue weighted by atomic mass is 10.0. The van der Waals surface area contributed by atoms with Crippen LogP contribution in [-0.2, 0) is 13.1 Å². The van der Waals surface area contributed by atoms with Crippen molar-refractivity contribution in [3.8, 4) is 0 Å². The minimum atomic E-state index is 0.991. The van der Waals surface area contributed by atoms with Gasteiger partial charge in [-0.25, -0.2) is 0 Å². The molecule has 1 aromatic rings. The van der Waals surface area contributed by atoms with Crippen LogP contribution >= 0.6 is 0 Å². The fraction of sp³-hybridized carbons (Fsp3) is 0.647. The van der Waals surface area contributed by atoms with Crippen LogP contribution in [-0.4, -0.2) is 24.5 Å². The first kappa shape index (κ1) is 13.1. The molecule has 2 fully saturated rings. The van der Waals surface area contributed by atoms with Crippen molar-refractivity contribution in [1.29, 1.82) is 0 Å². The fourth-order valence-electron chi connectivity index (χ4n) is 3.75. The number of hydrogen-bond acceptors (Lipinski definition) is 2. The van der Waals surface area contributed by atoms with Crippen molar-refractivity contribution in [2.24, 2.45) is 11.8 Å². The van der Waals surface area contributed by atoms with E-state index in [1.165, 1.54) is 43.5 Å². The molecular weight excluding hydrogens is 232 g/mol. The SMILES string of the molecule is CCNCc1ccc(CN2CC3CCCC3C2)cc1. The molecule has 0 amide bonds. The predicted molar refractivity (Wildman–Crippen MR) is 79.9 cm³/mol. The molecule has 2 heteroatoms. The molecule has 3 rings (SSSR count). The second kappa shape index (κ2) is 6.06. The normalized spacial score (nSPS) is 26.8. The van der Waals surface area contributed by atoms with Gasteiger partial charge in [-0.2, -0.15) is 0 Å². The largest absolute Gasteiger partial charge is 0.313 e. The van der Waals surface area contributed by atoms with E-state index in [2.05, 4.69) is 41.4 Å². The van der Waals surface area contributed by atoms with Crippen LogP contribution in [0.3, 0.4) is 0 Å². The van der Waals surface area contributed by atoms with Gasteiger partial charge >= 0.3 is 0 Å². The van der Waals surface area contributed by atoms with Gasteiger partial charge in [-0.1, -0.05) is 37.6 Å². The van der Waals surface area contributed by atoms with E-state index in [0.29, 0.717) is 0 Å². The van der Waals surface area contributed by atoms with Crippen LogP contribution in [0, 0.1) is 11.8 Å². The summed E-state index contributed by atoms with van der Waals surface area (Å²) in [5.74, 6) is 2.01. The number of benzene rings is 1. The molecule has 0 aromatic heterocycles. The van der Waals surface area contributed by atoms with Gasteiger partial charge in [0.25, 0.3) is 0 Å². The number of nitrogens with zero attached hydrogens (tertiary/aromatic N) is 1. The van der Waals surface area contributed by atoms with Crippen molar-refractivity contribution in [3.63, 3.8) is 0 Å². The molecule has 1 aromatic carbocycles. The first-order valence-corrected chi connectivity index (χ1v) is 7.86. The Morgan fingerprint density at radius 3 is 2.32 bits per heavy atom. The summed E-state index contributed by atoms with van der Waals surface area (Å²) >= 11 is 0. The van der Waals surface area contributed by atoms with Crippen LogP contribution in [0.25, 0.3) is 0 Å². The minimum absolute atomic E-state index is 0.991. The summed E-state index contributed by atoms with van der Waals surface area (Å²) in [5, 5.41) is 3.37. The van der Waals surface area contributed by atoms with Gasteiger partial charge in [0.05, 0.1) is 0 Å². The third kappa shape index (κ3) is 3.18.